The molecule has 0 aromatic heterocycles. The number of hydrogen-bond acceptors (Lipinski definition) is 3. The average molecular weight is 338 g/mol. The largest absolute Gasteiger partial charge is 0.373 e. The molecular formula is C22H26O3. The fraction of sp³-hybridized carbons (Fsp3) is 0.455. The summed E-state index contributed by atoms with van der Waals surface area (Å²) in [5, 5.41) is 0. The van der Waals surface area contributed by atoms with Crippen molar-refractivity contribution < 1.29 is 14.3 Å². The highest BCUT2D eigenvalue weighted by molar-refractivity contribution is 6.01. The van der Waals surface area contributed by atoms with Crippen molar-refractivity contribution in [3.05, 3.63) is 58.2 Å². The molecular weight excluding hydrogens is 312 g/mol. The van der Waals surface area contributed by atoms with Crippen molar-refractivity contribution in [2.75, 3.05) is 6.61 Å². The number of carbonyl (C=O) groups excluding carboxylic acids is 2. The Hall–Kier alpha value is -2.00. The number of benzene rings is 1. The van der Waals surface area contributed by atoms with Crippen molar-refractivity contribution in [3.8, 4) is 0 Å². The first-order chi connectivity index (χ1) is 12.0. The maximum atomic E-state index is 12.5. The summed E-state index contributed by atoms with van der Waals surface area (Å²) in [6.07, 6.45) is 4.67. The molecule has 3 rings (SSSR count). The highest BCUT2D eigenvalue weighted by Gasteiger charge is 2.26. The van der Waals surface area contributed by atoms with E-state index in [9.17, 15) is 9.59 Å². The van der Waals surface area contributed by atoms with Crippen LogP contribution in [0, 0.1) is 5.92 Å². The first-order valence-corrected chi connectivity index (χ1v) is 9.10. The molecule has 2 aliphatic rings. The third kappa shape index (κ3) is 3.98. The predicted molar refractivity (Wildman–Crippen MR) is 98.6 cm³/mol. The van der Waals surface area contributed by atoms with Crippen LogP contribution in [0.25, 0.3) is 0 Å². The zero-order chi connectivity index (χ0) is 18.0. The summed E-state index contributed by atoms with van der Waals surface area (Å²) < 4.78 is 5.78. The maximum absolute atomic E-state index is 12.5. The summed E-state index contributed by atoms with van der Waals surface area (Å²) in [6, 6.07) is 7.78. The minimum absolute atomic E-state index is 0.0892. The van der Waals surface area contributed by atoms with E-state index in [0.29, 0.717) is 30.7 Å². The second kappa shape index (κ2) is 7.49. The number of hydrogen-bond donors (Lipinski definition) is 0. The SMILES string of the molecule is CC1=CC(C)=C(CCC(=O)c2ccc(C3OCCC3C)cc2)C(=O)C1. The van der Waals surface area contributed by atoms with Crippen LogP contribution in [-0.2, 0) is 9.53 Å². The summed E-state index contributed by atoms with van der Waals surface area (Å²) >= 11 is 0. The molecule has 1 saturated heterocycles. The number of Topliss-reactive ketones (excluding diaryl/α,β-unsaturated/α-hetero) is 2. The number of rotatable bonds is 5. The first kappa shape index (κ1) is 17.8. The molecule has 3 nitrogen and oxygen atoms in total. The molecule has 0 radical (unpaired) electrons. The standard InChI is InChI=1S/C22H26O3/c1-14-12-16(3)19(21(24)13-14)8-9-20(23)17-4-6-18(7-5-17)22-15(2)10-11-25-22/h4-7,12,15,22H,8-11,13H2,1-3H3. The van der Waals surface area contributed by atoms with Gasteiger partial charge in [0.2, 0.25) is 0 Å². The fourth-order valence-corrected chi connectivity index (χ4v) is 3.79. The van der Waals surface area contributed by atoms with Gasteiger partial charge in [0.15, 0.2) is 11.6 Å². The summed E-state index contributed by atoms with van der Waals surface area (Å²) in [7, 11) is 0. The van der Waals surface area contributed by atoms with Crippen LogP contribution in [0.1, 0.15) is 68.5 Å². The number of ether oxygens (including phenoxy) is 1. The van der Waals surface area contributed by atoms with E-state index >= 15 is 0 Å². The molecule has 1 aromatic rings. The van der Waals surface area contributed by atoms with Crippen molar-refractivity contribution in [2.24, 2.45) is 5.92 Å². The Labute approximate surface area is 149 Å². The number of carbonyl (C=O) groups is 2. The van der Waals surface area contributed by atoms with Crippen LogP contribution >= 0.6 is 0 Å². The van der Waals surface area contributed by atoms with Gasteiger partial charge < -0.3 is 4.74 Å². The molecule has 132 valence electrons. The lowest BCUT2D eigenvalue weighted by Gasteiger charge is -2.16. The van der Waals surface area contributed by atoms with E-state index in [4.69, 9.17) is 4.74 Å². The lowest BCUT2D eigenvalue weighted by molar-refractivity contribution is -0.115. The van der Waals surface area contributed by atoms with Crippen LogP contribution in [-0.4, -0.2) is 18.2 Å². The average Bonchev–Trinajstić information content (AvgIpc) is 3.00. The highest BCUT2D eigenvalue weighted by Crippen LogP contribution is 2.34. The molecule has 1 aromatic carbocycles. The smallest absolute Gasteiger partial charge is 0.163 e. The monoisotopic (exact) mass is 338 g/mol. The lowest BCUT2D eigenvalue weighted by atomic mass is 9.88. The number of allylic oxidation sites excluding steroid dienone is 4. The molecule has 1 fully saturated rings. The molecule has 1 heterocycles. The van der Waals surface area contributed by atoms with Gasteiger partial charge in [-0.05, 0) is 49.3 Å². The molecule has 0 amide bonds. The van der Waals surface area contributed by atoms with Gasteiger partial charge >= 0.3 is 0 Å². The van der Waals surface area contributed by atoms with Crippen molar-refractivity contribution in [1.29, 1.82) is 0 Å². The molecule has 1 aliphatic heterocycles. The molecule has 25 heavy (non-hydrogen) atoms. The van der Waals surface area contributed by atoms with Gasteiger partial charge in [-0.2, -0.15) is 0 Å². The van der Waals surface area contributed by atoms with Crippen LogP contribution in [0.15, 0.2) is 47.1 Å². The van der Waals surface area contributed by atoms with Crippen LogP contribution in [0.3, 0.4) is 0 Å². The minimum atomic E-state index is 0.0892. The Balaban J connectivity index is 1.64. The fourth-order valence-electron chi connectivity index (χ4n) is 3.79. The van der Waals surface area contributed by atoms with Gasteiger partial charge in [-0.3, -0.25) is 9.59 Å². The van der Waals surface area contributed by atoms with Crippen molar-refractivity contribution >= 4 is 11.6 Å². The molecule has 0 saturated carbocycles. The van der Waals surface area contributed by atoms with Crippen molar-refractivity contribution in [1.82, 2.24) is 0 Å². The lowest BCUT2D eigenvalue weighted by Crippen LogP contribution is -2.11. The summed E-state index contributed by atoms with van der Waals surface area (Å²) in [5.74, 6) is 0.768. The Bertz CT molecular complexity index is 737. The van der Waals surface area contributed by atoms with E-state index in [2.05, 4.69) is 13.0 Å². The van der Waals surface area contributed by atoms with E-state index in [-0.39, 0.29) is 17.7 Å². The third-order valence-corrected chi connectivity index (χ3v) is 5.27. The van der Waals surface area contributed by atoms with Gasteiger partial charge in [-0.1, -0.05) is 42.8 Å². The second-order valence-corrected chi connectivity index (χ2v) is 7.35. The van der Waals surface area contributed by atoms with Crippen LogP contribution in [0.2, 0.25) is 0 Å². The zero-order valence-corrected chi connectivity index (χ0v) is 15.3. The van der Waals surface area contributed by atoms with Crippen LogP contribution in [0.5, 0.6) is 0 Å². The molecule has 3 heteroatoms. The Morgan fingerprint density at radius 3 is 2.52 bits per heavy atom. The van der Waals surface area contributed by atoms with Gasteiger partial charge in [-0.25, -0.2) is 0 Å². The van der Waals surface area contributed by atoms with E-state index < -0.39 is 0 Å². The molecule has 2 atom stereocenters. The Morgan fingerprint density at radius 2 is 1.92 bits per heavy atom. The minimum Gasteiger partial charge on any atom is -0.373 e. The second-order valence-electron chi connectivity index (χ2n) is 7.35. The quantitative estimate of drug-likeness (QED) is 0.711. The molecule has 1 aliphatic carbocycles. The molecule has 0 bridgehead atoms. The van der Waals surface area contributed by atoms with Crippen molar-refractivity contribution in [3.63, 3.8) is 0 Å². The van der Waals surface area contributed by atoms with E-state index in [1.54, 1.807) is 0 Å². The third-order valence-electron chi connectivity index (χ3n) is 5.27. The normalized spacial score (nSPS) is 23.8. The summed E-state index contributed by atoms with van der Waals surface area (Å²) in [4.78, 5) is 24.6. The first-order valence-electron chi connectivity index (χ1n) is 9.10. The topological polar surface area (TPSA) is 43.4 Å². The van der Waals surface area contributed by atoms with Crippen molar-refractivity contribution in [2.45, 2.75) is 52.6 Å². The van der Waals surface area contributed by atoms with E-state index in [0.717, 1.165) is 35.3 Å². The van der Waals surface area contributed by atoms with E-state index in [1.165, 1.54) is 0 Å². The molecule has 0 N–H and O–H groups in total. The molecule has 0 spiro atoms. The number of ketones is 2. The van der Waals surface area contributed by atoms with Gasteiger partial charge in [-0.15, -0.1) is 0 Å². The predicted octanol–water partition coefficient (Wildman–Crippen LogP) is 4.98. The molecule has 2 unspecified atom stereocenters. The maximum Gasteiger partial charge on any atom is 0.163 e. The van der Waals surface area contributed by atoms with Gasteiger partial charge in [0, 0.05) is 25.0 Å². The Kier molecular flexibility index (Phi) is 5.33. The Morgan fingerprint density at radius 1 is 1.20 bits per heavy atom. The van der Waals surface area contributed by atoms with Gasteiger partial charge in [0.1, 0.15) is 0 Å². The van der Waals surface area contributed by atoms with Crippen LogP contribution < -0.4 is 0 Å². The summed E-state index contributed by atoms with van der Waals surface area (Å²) in [5.41, 5.74) is 4.76. The highest BCUT2D eigenvalue weighted by atomic mass is 16.5. The van der Waals surface area contributed by atoms with Crippen LogP contribution in [0.4, 0.5) is 0 Å². The zero-order valence-electron chi connectivity index (χ0n) is 15.3. The van der Waals surface area contributed by atoms with Gasteiger partial charge in [0.25, 0.3) is 0 Å². The van der Waals surface area contributed by atoms with E-state index in [1.807, 2.05) is 38.1 Å². The summed E-state index contributed by atoms with van der Waals surface area (Å²) in [6.45, 7) is 6.94. The van der Waals surface area contributed by atoms with Gasteiger partial charge in [0.05, 0.1) is 6.10 Å².